The SMILES string of the molecule is COc1cnc(C)c(C(C)(C)C)c1. The Balaban J connectivity index is 3.19. The molecule has 0 aliphatic heterocycles. The average Bonchev–Trinajstić information content (AvgIpc) is 2.03. The zero-order valence-corrected chi connectivity index (χ0v) is 9.01. The Morgan fingerprint density at radius 1 is 1.31 bits per heavy atom. The third-order valence-electron chi connectivity index (χ3n) is 2.11. The molecule has 1 rings (SSSR count). The number of nitrogens with zero attached hydrogens (tertiary/aromatic N) is 1. The highest BCUT2D eigenvalue weighted by Crippen LogP contribution is 2.27. The van der Waals surface area contributed by atoms with Gasteiger partial charge >= 0.3 is 0 Å². The summed E-state index contributed by atoms with van der Waals surface area (Å²) >= 11 is 0. The molecule has 2 heteroatoms. The molecule has 0 amide bonds. The predicted molar refractivity (Wildman–Crippen MR) is 54.2 cm³/mol. The van der Waals surface area contributed by atoms with Crippen LogP contribution in [0.4, 0.5) is 0 Å². The normalized spacial score (nSPS) is 11.5. The molecule has 72 valence electrons. The molecule has 0 fully saturated rings. The Bertz CT molecular complexity index is 299. The first-order valence-corrected chi connectivity index (χ1v) is 4.46. The molecule has 1 aromatic rings. The van der Waals surface area contributed by atoms with Crippen molar-refractivity contribution in [2.24, 2.45) is 0 Å². The highest BCUT2D eigenvalue weighted by atomic mass is 16.5. The van der Waals surface area contributed by atoms with E-state index in [0.717, 1.165) is 11.4 Å². The number of rotatable bonds is 1. The molecule has 13 heavy (non-hydrogen) atoms. The monoisotopic (exact) mass is 179 g/mol. The van der Waals surface area contributed by atoms with Crippen LogP contribution < -0.4 is 4.74 Å². The second-order valence-electron chi connectivity index (χ2n) is 4.26. The summed E-state index contributed by atoms with van der Waals surface area (Å²) in [5, 5.41) is 0. The van der Waals surface area contributed by atoms with Crippen LogP contribution in [0.2, 0.25) is 0 Å². The minimum absolute atomic E-state index is 0.131. The molecular formula is C11H17NO. The molecule has 0 aliphatic rings. The van der Waals surface area contributed by atoms with Gasteiger partial charge in [-0.05, 0) is 24.0 Å². The third kappa shape index (κ3) is 2.20. The van der Waals surface area contributed by atoms with E-state index in [4.69, 9.17) is 4.74 Å². The van der Waals surface area contributed by atoms with Gasteiger partial charge in [0.2, 0.25) is 0 Å². The number of methoxy groups -OCH3 is 1. The molecule has 0 atom stereocenters. The number of aryl methyl sites for hydroxylation is 1. The van der Waals surface area contributed by atoms with E-state index in [1.165, 1.54) is 5.56 Å². The van der Waals surface area contributed by atoms with Crippen LogP contribution in [0.3, 0.4) is 0 Å². The standard InChI is InChI=1S/C11H17NO/c1-8-10(11(2,3)4)6-9(13-5)7-12-8/h6-7H,1-5H3. The molecule has 0 unspecified atom stereocenters. The summed E-state index contributed by atoms with van der Waals surface area (Å²) in [5.74, 6) is 0.829. The molecule has 0 saturated carbocycles. The summed E-state index contributed by atoms with van der Waals surface area (Å²) in [7, 11) is 1.67. The van der Waals surface area contributed by atoms with Gasteiger partial charge in [-0.15, -0.1) is 0 Å². The maximum absolute atomic E-state index is 5.14. The van der Waals surface area contributed by atoms with Crippen molar-refractivity contribution >= 4 is 0 Å². The van der Waals surface area contributed by atoms with Crippen molar-refractivity contribution in [3.63, 3.8) is 0 Å². The molecule has 0 aliphatic carbocycles. The molecule has 2 nitrogen and oxygen atoms in total. The van der Waals surface area contributed by atoms with E-state index < -0.39 is 0 Å². The van der Waals surface area contributed by atoms with Crippen molar-refractivity contribution in [1.29, 1.82) is 0 Å². The van der Waals surface area contributed by atoms with Crippen molar-refractivity contribution in [2.75, 3.05) is 7.11 Å². The lowest BCUT2D eigenvalue weighted by Gasteiger charge is -2.21. The number of ether oxygens (including phenoxy) is 1. The Morgan fingerprint density at radius 3 is 2.38 bits per heavy atom. The molecule has 1 aromatic heterocycles. The van der Waals surface area contributed by atoms with E-state index in [1.54, 1.807) is 13.3 Å². The lowest BCUT2D eigenvalue weighted by atomic mass is 9.86. The van der Waals surface area contributed by atoms with Crippen LogP contribution in [-0.2, 0) is 5.41 Å². The highest BCUT2D eigenvalue weighted by Gasteiger charge is 2.17. The van der Waals surface area contributed by atoms with Crippen LogP contribution in [0.5, 0.6) is 5.75 Å². The number of aromatic nitrogens is 1. The van der Waals surface area contributed by atoms with Crippen LogP contribution in [-0.4, -0.2) is 12.1 Å². The van der Waals surface area contributed by atoms with Gasteiger partial charge in [0.05, 0.1) is 13.3 Å². The maximum Gasteiger partial charge on any atom is 0.137 e. The fourth-order valence-electron chi connectivity index (χ4n) is 1.38. The minimum atomic E-state index is 0.131. The molecular weight excluding hydrogens is 162 g/mol. The van der Waals surface area contributed by atoms with Gasteiger partial charge in [-0.25, -0.2) is 0 Å². The zero-order valence-electron chi connectivity index (χ0n) is 9.01. The van der Waals surface area contributed by atoms with E-state index in [-0.39, 0.29) is 5.41 Å². The summed E-state index contributed by atoms with van der Waals surface area (Å²) < 4.78 is 5.14. The van der Waals surface area contributed by atoms with Crippen molar-refractivity contribution < 1.29 is 4.74 Å². The van der Waals surface area contributed by atoms with E-state index in [0.29, 0.717) is 0 Å². The molecule has 0 bridgehead atoms. The summed E-state index contributed by atoms with van der Waals surface area (Å²) in [6.45, 7) is 8.56. The third-order valence-corrected chi connectivity index (χ3v) is 2.11. The summed E-state index contributed by atoms with van der Waals surface area (Å²) in [5.41, 5.74) is 2.45. The summed E-state index contributed by atoms with van der Waals surface area (Å²) in [6, 6.07) is 2.06. The van der Waals surface area contributed by atoms with Gasteiger partial charge in [0.15, 0.2) is 0 Å². The highest BCUT2D eigenvalue weighted by molar-refractivity contribution is 5.33. The molecule has 0 saturated heterocycles. The zero-order chi connectivity index (χ0) is 10.1. The van der Waals surface area contributed by atoms with Crippen molar-refractivity contribution in [3.8, 4) is 5.75 Å². The van der Waals surface area contributed by atoms with Gasteiger partial charge < -0.3 is 4.74 Å². The van der Waals surface area contributed by atoms with Crippen LogP contribution >= 0.6 is 0 Å². The molecule has 0 spiro atoms. The van der Waals surface area contributed by atoms with Crippen molar-refractivity contribution in [2.45, 2.75) is 33.1 Å². The first-order valence-electron chi connectivity index (χ1n) is 4.46. The second-order valence-corrected chi connectivity index (χ2v) is 4.26. The lowest BCUT2D eigenvalue weighted by molar-refractivity contribution is 0.410. The van der Waals surface area contributed by atoms with Crippen molar-refractivity contribution in [3.05, 3.63) is 23.5 Å². The largest absolute Gasteiger partial charge is 0.495 e. The average molecular weight is 179 g/mol. The first-order chi connectivity index (χ1) is 5.95. The number of hydrogen-bond acceptors (Lipinski definition) is 2. The van der Waals surface area contributed by atoms with Crippen LogP contribution in [0.1, 0.15) is 32.0 Å². The van der Waals surface area contributed by atoms with Gasteiger partial charge in [0, 0.05) is 5.69 Å². The van der Waals surface area contributed by atoms with Gasteiger partial charge in [0.1, 0.15) is 5.75 Å². The van der Waals surface area contributed by atoms with E-state index in [1.807, 2.05) is 6.92 Å². The Kier molecular flexibility index (Phi) is 2.60. The molecule has 1 heterocycles. The van der Waals surface area contributed by atoms with Gasteiger partial charge in [-0.2, -0.15) is 0 Å². The summed E-state index contributed by atoms with van der Waals surface area (Å²) in [6.07, 6.45) is 1.75. The van der Waals surface area contributed by atoms with Gasteiger partial charge in [0.25, 0.3) is 0 Å². The number of hydrogen-bond donors (Lipinski definition) is 0. The van der Waals surface area contributed by atoms with Crippen molar-refractivity contribution in [1.82, 2.24) is 4.98 Å². The fourth-order valence-corrected chi connectivity index (χ4v) is 1.38. The molecule has 0 aromatic carbocycles. The van der Waals surface area contributed by atoms with Crippen LogP contribution in [0.25, 0.3) is 0 Å². The summed E-state index contributed by atoms with van der Waals surface area (Å²) in [4.78, 5) is 4.29. The fraction of sp³-hybridized carbons (Fsp3) is 0.545. The Hall–Kier alpha value is -1.05. The quantitative estimate of drug-likeness (QED) is 0.661. The lowest BCUT2D eigenvalue weighted by Crippen LogP contribution is -2.14. The Morgan fingerprint density at radius 2 is 1.92 bits per heavy atom. The van der Waals surface area contributed by atoms with Gasteiger partial charge in [-0.3, -0.25) is 4.98 Å². The molecule has 0 radical (unpaired) electrons. The van der Waals surface area contributed by atoms with Crippen LogP contribution in [0, 0.1) is 6.92 Å². The Labute approximate surface area is 80.0 Å². The van der Waals surface area contributed by atoms with Gasteiger partial charge in [-0.1, -0.05) is 20.8 Å². The topological polar surface area (TPSA) is 22.1 Å². The second kappa shape index (κ2) is 3.36. The van der Waals surface area contributed by atoms with E-state index in [9.17, 15) is 0 Å². The number of pyridine rings is 1. The van der Waals surface area contributed by atoms with Crippen LogP contribution in [0.15, 0.2) is 12.3 Å². The first kappa shape index (κ1) is 10.0. The molecule has 0 N–H and O–H groups in total. The van der Waals surface area contributed by atoms with E-state index >= 15 is 0 Å². The van der Waals surface area contributed by atoms with E-state index in [2.05, 4.69) is 31.8 Å². The maximum atomic E-state index is 5.14. The minimum Gasteiger partial charge on any atom is -0.495 e. The smallest absolute Gasteiger partial charge is 0.137 e. The predicted octanol–water partition coefficient (Wildman–Crippen LogP) is 2.70.